The van der Waals surface area contributed by atoms with Crippen molar-refractivity contribution in [2.24, 2.45) is 5.73 Å². The summed E-state index contributed by atoms with van der Waals surface area (Å²) in [4.78, 5) is 11.5. The molecule has 0 atom stereocenters. The zero-order valence-electron chi connectivity index (χ0n) is 13.3. The van der Waals surface area contributed by atoms with Gasteiger partial charge in [-0.05, 0) is 18.1 Å². The number of ether oxygens (including phenoxy) is 1. The van der Waals surface area contributed by atoms with Crippen LogP contribution in [0.2, 0.25) is 0 Å². The Bertz CT molecular complexity index is 772. The number of thiophene rings is 1. The predicted molar refractivity (Wildman–Crippen MR) is 93.6 cm³/mol. The highest BCUT2D eigenvalue weighted by Gasteiger charge is 2.26. The molecule has 24 heavy (non-hydrogen) atoms. The molecular weight excluding hydrogens is 348 g/mol. The molecule has 0 aliphatic rings. The maximum atomic E-state index is 12.8. The van der Waals surface area contributed by atoms with Gasteiger partial charge in [-0.2, -0.15) is 4.31 Å². The maximum Gasteiger partial charge on any atom is 0.338 e. The van der Waals surface area contributed by atoms with E-state index in [1.165, 1.54) is 22.9 Å². The third-order valence-electron chi connectivity index (χ3n) is 3.46. The van der Waals surface area contributed by atoms with E-state index in [9.17, 15) is 13.2 Å². The lowest BCUT2D eigenvalue weighted by Gasteiger charge is -2.20. The number of carbonyl (C=O) groups excluding carboxylic acids is 1. The molecule has 0 fully saturated rings. The van der Waals surface area contributed by atoms with Crippen molar-refractivity contribution in [2.45, 2.75) is 10.6 Å². The fourth-order valence-electron chi connectivity index (χ4n) is 2.20. The van der Waals surface area contributed by atoms with E-state index in [-0.39, 0.29) is 22.9 Å². The second kappa shape index (κ2) is 8.39. The van der Waals surface area contributed by atoms with Gasteiger partial charge in [-0.1, -0.05) is 30.3 Å². The van der Waals surface area contributed by atoms with E-state index in [2.05, 4.69) is 4.74 Å². The molecule has 1 aromatic heterocycles. The number of sulfonamides is 1. The molecule has 1 aromatic carbocycles. The highest BCUT2D eigenvalue weighted by Crippen LogP contribution is 2.24. The molecule has 0 bridgehead atoms. The molecule has 0 saturated heterocycles. The summed E-state index contributed by atoms with van der Waals surface area (Å²) in [6, 6.07) is 11.0. The lowest BCUT2D eigenvalue weighted by Crippen LogP contribution is -2.36. The van der Waals surface area contributed by atoms with Crippen molar-refractivity contribution < 1.29 is 17.9 Å². The minimum absolute atomic E-state index is 0.115. The van der Waals surface area contributed by atoms with Gasteiger partial charge in [0.15, 0.2) is 0 Å². The molecule has 0 radical (unpaired) electrons. The van der Waals surface area contributed by atoms with Gasteiger partial charge in [-0.15, -0.1) is 11.3 Å². The number of rotatable bonds is 8. The zero-order valence-corrected chi connectivity index (χ0v) is 15.0. The van der Waals surface area contributed by atoms with Gasteiger partial charge in [0.1, 0.15) is 4.21 Å². The monoisotopic (exact) mass is 368 g/mol. The highest BCUT2D eigenvalue weighted by atomic mass is 32.2. The summed E-state index contributed by atoms with van der Waals surface area (Å²) in [6.45, 7) is 0.777. The van der Waals surface area contributed by atoms with E-state index in [1.807, 2.05) is 30.3 Å². The molecule has 2 aromatic rings. The summed E-state index contributed by atoms with van der Waals surface area (Å²) in [5, 5.41) is 1.48. The summed E-state index contributed by atoms with van der Waals surface area (Å²) >= 11 is 1.00. The summed E-state index contributed by atoms with van der Waals surface area (Å²) in [5.74, 6) is -0.553. The van der Waals surface area contributed by atoms with Crippen molar-refractivity contribution in [1.29, 1.82) is 0 Å². The van der Waals surface area contributed by atoms with E-state index in [1.54, 1.807) is 0 Å². The van der Waals surface area contributed by atoms with Crippen LogP contribution in [0.15, 0.2) is 46.0 Å². The van der Waals surface area contributed by atoms with Gasteiger partial charge < -0.3 is 10.5 Å². The van der Waals surface area contributed by atoms with E-state index in [0.29, 0.717) is 13.0 Å². The number of esters is 1. The van der Waals surface area contributed by atoms with Crippen LogP contribution in [0.25, 0.3) is 0 Å². The maximum absolute atomic E-state index is 12.8. The van der Waals surface area contributed by atoms with E-state index in [0.717, 1.165) is 16.9 Å². The molecular formula is C16H20N2O4S2. The second-order valence-corrected chi connectivity index (χ2v) is 8.15. The van der Waals surface area contributed by atoms with E-state index >= 15 is 0 Å². The summed E-state index contributed by atoms with van der Waals surface area (Å²) in [7, 11) is -2.43. The molecule has 0 spiro atoms. The standard InChI is InChI=1S/C16H20N2O4S2/c1-22-16(19)14-11-15(23-12-14)24(20,21)18(10-8-17)9-7-13-5-3-2-4-6-13/h2-6,11-12H,7-10,17H2,1H3. The summed E-state index contributed by atoms with van der Waals surface area (Å²) in [5.41, 5.74) is 6.86. The van der Waals surface area contributed by atoms with Gasteiger partial charge in [0.05, 0.1) is 12.7 Å². The summed E-state index contributed by atoms with van der Waals surface area (Å²) in [6.07, 6.45) is 0.593. The van der Waals surface area contributed by atoms with Gasteiger partial charge in [0.2, 0.25) is 0 Å². The van der Waals surface area contributed by atoms with Gasteiger partial charge in [0, 0.05) is 25.0 Å². The van der Waals surface area contributed by atoms with Crippen molar-refractivity contribution in [3.05, 3.63) is 52.9 Å². The first-order valence-electron chi connectivity index (χ1n) is 7.40. The second-order valence-electron chi connectivity index (χ2n) is 5.07. The third kappa shape index (κ3) is 4.41. The molecule has 1 heterocycles. The van der Waals surface area contributed by atoms with Crippen LogP contribution in [-0.4, -0.2) is 45.4 Å². The number of carbonyl (C=O) groups is 1. The van der Waals surface area contributed by atoms with Gasteiger partial charge in [-0.3, -0.25) is 0 Å². The molecule has 0 aliphatic heterocycles. The lowest BCUT2D eigenvalue weighted by atomic mass is 10.1. The molecule has 0 aliphatic carbocycles. The minimum atomic E-state index is -3.69. The molecule has 2 N–H and O–H groups in total. The lowest BCUT2D eigenvalue weighted by molar-refractivity contribution is 0.0601. The molecule has 0 unspecified atom stereocenters. The number of methoxy groups -OCH3 is 1. The van der Waals surface area contributed by atoms with Crippen LogP contribution in [0.1, 0.15) is 15.9 Å². The first-order chi connectivity index (χ1) is 11.5. The average Bonchev–Trinajstić information content (AvgIpc) is 3.09. The van der Waals surface area contributed by atoms with Crippen LogP contribution >= 0.6 is 11.3 Å². The smallest absolute Gasteiger partial charge is 0.338 e. The number of hydrogen-bond acceptors (Lipinski definition) is 6. The van der Waals surface area contributed by atoms with E-state index < -0.39 is 16.0 Å². The zero-order chi connectivity index (χ0) is 17.6. The number of nitrogens with two attached hydrogens (primary N) is 1. The molecule has 0 amide bonds. The van der Waals surface area contributed by atoms with Crippen LogP contribution < -0.4 is 5.73 Å². The Hall–Kier alpha value is -1.74. The van der Waals surface area contributed by atoms with Gasteiger partial charge >= 0.3 is 5.97 Å². The Morgan fingerprint density at radius 1 is 1.25 bits per heavy atom. The van der Waals surface area contributed by atoms with Gasteiger partial charge in [-0.25, -0.2) is 13.2 Å². The predicted octanol–water partition coefficient (Wildman–Crippen LogP) is 1.73. The Balaban J connectivity index is 2.18. The molecule has 6 nitrogen and oxygen atoms in total. The van der Waals surface area contributed by atoms with Crippen molar-refractivity contribution in [2.75, 3.05) is 26.7 Å². The van der Waals surface area contributed by atoms with Crippen molar-refractivity contribution in [3.8, 4) is 0 Å². The van der Waals surface area contributed by atoms with Crippen LogP contribution in [-0.2, 0) is 21.2 Å². The van der Waals surface area contributed by atoms with Crippen LogP contribution in [0, 0.1) is 0 Å². The average molecular weight is 368 g/mol. The molecule has 2 rings (SSSR count). The normalized spacial score (nSPS) is 11.6. The Morgan fingerprint density at radius 2 is 1.96 bits per heavy atom. The quantitative estimate of drug-likeness (QED) is 0.717. The first-order valence-corrected chi connectivity index (χ1v) is 9.72. The molecule has 0 saturated carbocycles. The van der Waals surface area contributed by atoms with E-state index in [4.69, 9.17) is 5.73 Å². The van der Waals surface area contributed by atoms with Crippen LogP contribution in [0.3, 0.4) is 0 Å². The third-order valence-corrected chi connectivity index (χ3v) is 6.78. The number of benzene rings is 1. The Labute approximate surface area is 145 Å². The van der Waals surface area contributed by atoms with Crippen LogP contribution in [0.4, 0.5) is 0 Å². The van der Waals surface area contributed by atoms with Crippen molar-refractivity contribution >= 4 is 27.3 Å². The van der Waals surface area contributed by atoms with Crippen LogP contribution in [0.5, 0.6) is 0 Å². The minimum Gasteiger partial charge on any atom is -0.465 e. The molecule has 8 heteroatoms. The first kappa shape index (κ1) is 18.6. The SMILES string of the molecule is COC(=O)c1csc(S(=O)(=O)N(CCN)CCc2ccccc2)c1. The Kier molecular flexibility index (Phi) is 6.50. The van der Waals surface area contributed by atoms with Gasteiger partial charge in [0.25, 0.3) is 10.0 Å². The molecule has 130 valence electrons. The number of nitrogens with zero attached hydrogens (tertiary/aromatic N) is 1. The fourth-order valence-corrected chi connectivity index (χ4v) is 4.96. The number of hydrogen-bond donors (Lipinski definition) is 1. The Morgan fingerprint density at radius 3 is 2.58 bits per heavy atom. The summed E-state index contributed by atoms with van der Waals surface area (Å²) < 4.78 is 31.7. The highest BCUT2D eigenvalue weighted by molar-refractivity contribution is 7.91. The topological polar surface area (TPSA) is 89.7 Å². The largest absolute Gasteiger partial charge is 0.465 e. The van der Waals surface area contributed by atoms with Crippen molar-refractivity contribution in [3.63, 3.8) is 0 Å². The fraction of sp³-hybridized carbons (Fsp3) is 0.312. The van der Waals surface area contributed by atoms with Crippen molar-refractivity contribution in [1.82, 2.24) is 4.31 Å².